The standard InChI is InChI=1S/C13H11NO.ClH/c14-13(10-6-2-1-3-7-10)11-8-4-5-9-12(11)15;/h1-9,14-15H;1H. The van der Waals surface area contributed by atoms with Gasteiger partial charge in [0.15, 0.2) is 0 Å². The number of phenols is 1. The number of halogens is 1. The molecule has 3 heteroatoms. The minimum absolute atomic E-state index is 0. The number of nitrogens with one attached hydrogen (secondary N) is 1. The van der Waals surface area contributed by atoms with Crippen LogP contribution in [0.1, 0.15) is 11.1 Å². The molecule has 0 radical (unpaired) electrons. The summed E-state index contributed by atoms with van der Waals surface area (Å²) in [6, 6.07) is 16.3. The van der Waals surface area contributed by atoms with Crippen LogP contribution in [-0.2, 0) is 0 Å². The highest BCUT2D eigenvalue weighted by atomic mass is 35.5. The van der Waals surface area contributed by atoms with Gasteiger partial charge in [-0.2, -0.15) is 0 Å². The molecule has 2 nitrogen and oxygen atoms in total. The molecule has 0 saturated heterocycles. The second-order valence-corrected chi connectivity index (χ2v) is 3.26. The van der Waals surface area contributed by atoms with Crippen molar-refractivity contribution in [1.82, 2.24) is 0 Å². The van der Waals surface area contributed by atoms with Crippen LogP contribution in [0.2, 0.25) is 0 Å². The highest BCUT2D eigenvalue weighted by molar-refractivity contribution is 6.12. The minimum Gasteiger partial charge on any atom is -0.507 e. The van der Waals surface area contributed by atoms with Crippen molar-refractivity contribution in [1.29, 1.82) is 5.41 Å². The van der Waals surface area contributed by atoms with Crippen LogP contribution >= 0.6 is 12.4 Å². The predicted octanol–water partition coefficient (Wildman–Crippen LogP) is 3.23. The Kier molecular flexibility index (Phi) is 4.09. The van der Waals surface area contributed by atoms with Crippen molar-refractivity contribution in [2.75, 3.05) is 0 Å². The lowest BCUT2D eigenvalue weighted by Crippen LogP contribution is -2.00. The molecule has 0 aliphatic heterocycles. The normalized spacial score (nSPS) is 9.25. The van der Waals surface area contributed by atoms with Crippen LogP contribution in [0.3, 0.4) is 0 Å². The van der Waals surface area contributed by atoms with Gasteiger partial charge in [0.05, 0.1) is 5.71 Å². The lowest BCUT2D eigenvalue weighted by Gasteiger charge is -2.05. The molecule has 0 heterocycles. The van der Waals surface area contributed by atoms with Gasteiger partial charge < -0.3 is 5.11 Å². The number of hydrogen-bond donors (Lipinski definition) is 2. The van der Waals surface area contributed by atoms with Gasteiger partial charge in [0.25, 0.3) is 0 Å². The topological polar surface area (TPSA) is 44.1 Å². The lowest BCUT2D eigenvalue weighted by atomic mass is 10.0. The molecule has 2 aromatic rings. The fourth-order valence-electron chi connectivity index (χ4n) is 1.45. The Morgan fingerprint density at radius 3 is 2.06 bits per heavy atom. The first kappa shape index (κ1) is 12.3. The first-order valence-electron chi connectivity index (χ1n) is 4.71. The molecule has 0 atom stereocenters. The van der Waals surface area contributed by atoms with Crippen LogP contribution in [0, 0.1) is 5.41 Å². The Hall–Kier alpha value is -1.80. The Labute approximate surface area is 100 Å². The zero-order chi connectivity index (χ0) is 10.7. The molecule has 0 aliphatic rings. The van der Waals surface area contributed by atoms with Crippen molar-refractivity contribution < 1.29 is 5.11 Å². The van der Waals surface area contributed by atoms with Crippen LogP contribution in [0.25, 0.3) is 0 Å². The number of rotatable bonds is 2. The quantitative estimate of drug-likeness (QED) is 0.769. The third-order valence-electron chi connectivity index (χ3n) is 2.24. The average Bonchev–Trinajstić information content (AvgIpc) is 2.30. The summed E-state index contributed by atoms with van der Waals surface area (Å²) < 4.78 is 0. The third-order valence-corrected chi connectivity index (χ3v) is 2.24. The van der Waals surface area contributed by atoms with Gasteiger partial charge in [-0.05, 0) is 12.1 Å². The zero-order valence-electron chi connectivity index (χ0n) is 8.55. The van der Waals surface area contributed by atoms with Crippen LogP contribution in [-0.4, -0.2) is 10.8 Å². The molecule has 0 amide bonds. The van der Waals surface area contributed by atoms with Crippen LogP contribution in [0.15, 0.2) is 54.6 Å². The summed E-state index contributed by atoms with van der Waals surface area (Å²) in [4.78, 5) is 0. The minimum atomic E-state index is 0. The van der Waals surface area contributed by atoms with Gasteiger partial charge in [-0.1, -0.05) is 42.5 Å². The van der Waals surface area contributed by atoms with E-state index < -0.39 is 0 Å². The Bertz CT molecular complexity index is 482. The molecule has 0 bridgehead atoms. The van der Waals surface area contributed by atoms with Crippen molar-refractivity contribution in [3.63, 3.8) is 0 Å². The van der Waals surface area contributed by atoms with Gasteiger partial charge in [-0.15, -0.1) is 12.4 Å². The van der Waals surface area contributed by atoms with E-state index in [1.165, 1.54) is 0 Å². The Morgan fingerprint density at radius 2 is 1.44 bits per heavy atom. The largest absolute Gasteiger partial charge is 0.507 e. The molecule has 0 aromatic heterocycles. The highest BCUT2D eigenvalue weighted by Gasteiger charge is 2.07. The highest BCUT2D eigenvalue weighted by Crippen LogP contribution is 2.19. The Balaban J connectivity index is 0.00000128. The molecule has 0 fully saturated rings. The molecule has 2 N–H and O–H groups in total. The van der Waals surface area contributed by atoms with Gasteiger partial charge in [0.2, 0.25) is 0 Å². The van der Waals surface area contributed by atoms with Crippen molar-refractivity contribution >= 4 is 18.1 Å². The van der Waals surface area contributed by atoms with Crippen LogP contribution < -0.4 is 0 Å². The molecule has 0 unspecified atom stereocenters. The van der Waals surface area contributed by atoms with Gasteiger partial charge in [-0.25, -0.2) is 0 Å². The summed E-state index contributed by atoms with van der Waals surface area (Å²) in [5.74, 6) is 0.145. The van der Waals surface area contributed by atoms with Gasteiger partial charge >= 0.3 is 0 Å². The number of aromatic hydroxyl groups is 1. The molecule has 82 valence electrons. The fraction of sp³-hybridized carbons (Fsp3) is 0. The number of benzene rings is 2. The monoisotopic (exact) mass is 233 g/mol. The summed E-state index contributed by atoms with van der Waals surface area (Å²) in [6.45, 7) is 0. The summed E-state index contributed by atoms with van der Waals surface area (Å²) in [6.07, 6.45) is 0. The van der Waals surface area contributed by atoms with Gasteiger partial charge in [0, 0.05) is 11.1 Å². The van der Waals surface area contributed by atoms with E-state index in [9.17, 15) is 5.11 Å². The Morgan fingerprint density at radius 1 is 0.875 bits per heavy atom. The molecular formula is C13H12ClNO. The van der Waals surface area contributed by atoms with Crippen molar-refractivity contribution in [3.05, 3.63) is 65.7 Å². The van der Waals surface area contributed by atoms with E-state index in [1.54, 1.807) is 18.2 Å². The molecular weight excluding hydrogens is 222 g/mol. The van der Waals surface area contributed by atoms with Crippen LogP contribution in [0.4, 0.5) is 0 Å². The lowest BCUT2D eigenvalue weighted by molar-refractivity contribution is 0.474. The SMILES string of the molecule is Cl.N=C(c1ccccc1)c1ccccc1O. The summed E-state index contributed by atoms with van der Waals surface area (Å²) in [5, 5.41) is 17.6. The van der Waals surface area contributed by atoms with E-state index in [1.807, 2.05) is 36.4 Å². The molecule has 16 heavy (non-hydrogen) atoms. The summed E-state index contributed by atoms with van der Waals surface area (Å²) in [7, 11) is 0. The van der Waals surface area contributed by atoms with E-state index >= 15 is 0 Å². The molecule has 2 aromatic carbocycles. The second kappa shape index (κ2) is 5.33. The van der Waals surface area contributed by atoms with E-state index in [0.29, 0.717) is 11.3 Å². The number of phenolic OH excluding ortho intramolecular Hbond substituents is 1. The fourth-order valence-corrected chi connectivity index (χ4v) is 1.45. The smallest absolute Gasteiger partial charge is 0.124 e. The molecule has 0 saturated carbocycles. The molecule has 2 rings (SSSR count). The van der Waals surface area contributed by atoms with Gasteiger partial charge in [-0.3, -0.25) is 5.41 Å². The van der Waals surface area contributed by atoms with Crippen LogP contribution in [0.5, 0.6) is 5.75 Å². The molecule has 0 spiro atoms. The third kappa shape index (κ3) is 2.41. The first-order valence-corrected chi connectivity index (χ1v) is 4.71. The van der Waals surface area contributed by atoms with Crippen molar-refractivity contribution in [2.45, 2.75) is 0 Å². The van der Waals surface area contributed by atoms with Crippen molar-refractivity contribution in [2.24, 2.45) is 0 Å². The van der Waals surface area contributed by atoms with E-state index in [0.717, 1.165) is 5.56 Å². The van der Waals surface area contributed by atoms with Gasteiger partial charge in [0.1, 0.15) is 5.75 Å². The average molecular weight is 234 g/mol. The predicted molar refractivity (Wildman–Crippen MR) is 67.7 cm³/mol. The molecule has 0 aliphatic carbocycles. The summed E-state index contributed by atoms with van der Waals surface area (Å²) in [5.41, 5.74) is 1.71. The maximum Gasteiger partial charge on any atom is 0.124 e. The maximum absolute atomic E-state index is 9.60. The summed E-state index contributed by atoms with van der Waals surface area (Å²) >= 11 is 0. The number of para-hydroxylation sites is 1. The van der Waals surface area contributed by atoms with Crippen molar-refractivity contribution in [3.8, 4) is 5.75 Å². The maximum atomic E-state index is 9.60. The first-order chi connectivity index (χ1) is 7.29. The number of hydrogen-bond acceptors (Lipinski definition) is 2. The zero-order valence-corrected chi connectivity index (χ0v) is 9.37. The van der Waals surface area contributed by atoms with E-state index in [4.69, 9.17) is 5.41 Å². The second-order valence-electron chi connectivity index (χ2n) is 3.26. The van der Waals surface area contributed by atoms with E-state index in [-0.39, 0.29) is 18.2 Å². The van der Waals surface area contributed by atoms with E-state index in [2.05, 4.69) is 0 Å².